The number of nitrogen functional groups attached to an aromatic ring is 1. The molecule has 3 heteroatoms. The summed E-state index contributed by atoms with van der Waals surface area (Å²) in [6.07, 6.45) is 0. The second-order valence-corrected chi connectivity index (χ2v) is 4.64. The van der Waals surface area contributed by atoms with Gasteiger partial charge in [0.05, 0.1) is 5.69 Å². The molecule has 2 rings (SSSR count). The van der Waals surface area contributed by atoms with E-state index < -0.39 is 5.82 Å². The summed E-state index contributed by atoms with van der Waals surface area (Å²) in [4.78, 5) is 0. The van der Waals surface area contributed by atoms with Crippen LogP contribution in [0.1, 0.15) is 25.3 Å². The molecule has 0 saturated heterocycles. The van der Waals surface area contributed by atoms with E-state index in [1.54, 1.807) is 12.1 Å². The molecule has 0 aromatic heterocycles. The van der Waals surface area contributed by atoms with Gasteiger partial charge in [-0.15, -0.1) is 0 Å². The second kappa shape index (κ2) is 5.08. The second-order valence-electron chi connectivity index (χ2n) is 4.64. The van der Waals surface area contributed by atoms with Gasteiger partial charge in [0.15, 0.2) is 0 Å². The van der Waals surface area contributed by atoms with Crippen molar-refractivity contribution in [2.24, 2.45) is 0 Å². The number of nitrogens with one attached hydrogen (secondary N) is 1. The Hall–Kier alpha value is -2.03. The summed E-state index contributed by atoms with van der Waals surface area (Å²) >= 11 is 0. The third-order valence-corrected chi connectivity index (χ3v) is 2.87. The maximum Gasteiger partial charge on any atom is 0.148 e. The minimum atomic E-state index is -0.404. The van der Waals surface area contributed by atoms with Crippen molar-refractivity contribution in [1.29, 1.82) is 0 Å². The van der Waals surface area contributed by atoms with Crippen LogP contribution in [0.5, 0.6) is 0 Å². The molecular formula is C15H17FN2. The van der Waals surface area contributed by atoms with Crippen molar-refractivity contribution in [3.8, 4) is 0 Å². The lowest BCUT2D eigenvalue weighted by atomic mass is 10.0. The molecule has 2 nitrogen and oxygen atoms in total. The Labute approximate surface area is 107 Å². The van der Waals surface area contributed by atoms with Crippen LogP contribution in [0.2, 0.25) is 0 Å². The van der Waals surface area contributed by atoms with Crippen LogP contribution in [0.25, 0.3) is 0 Å². The first-order valence-electron chi connectivity index (χ1n) is 5.98. The maximum absolute atomic E-state index is 13.3. The zero-order chi connectivity index (χ0) is 13.1. The maximum atomic E-state index is 13.3. The van der Waals surface area contributed by atoms with Crippen LogP contribution >= 0.6 is 0 Å². The summed E-state index contributed by atoms with van der Waals surface area (Å²) in [7, 11) is 0. The van der Waals surface area contributed by atoms with Crippen molar-refractivity contribution in [2.45, 2.75) is 19.8 Å². The summed E-state index contributed by atoms with van der Waals surface area (Å²) in [6, 6.07) is 12.8. The highest BCUT2D eigenvalue weighted by Gasteiger charge is 2.02. The van der Waals surface area contributed by atoms with E-state index in [1.807, 2.05) is 12.1 Å². The quantitative estimate of drug-likeness (QED) is 0.791. The lowest BCUT2D eigenvalue weighted by molar-refractivity contribution is 0.633. The number of benzene rings is 2. The third-order valence-electron chi connectivity index (χ3n) is 2.87. The predicted octanol–water partition coefficient (Wildman–Crippen LogP) is 4.27. The van der Waals surface area contributed by atoms with Crippen molar-refractivity contribution in [2.75, 3.05) is 11.1 Å². The van der Waals surface area contributed by atoms with E-state index in [0.717, 1.165) is 5.69 Å². The highest BCUT2D eigenvalue weighted by molar-refractivity contribution is 5.62. The largest absolute Gasteiger partial charge is 0.396 e. The van der Waals surface area contributed by atoms with Crippen LogP contribution in [-0.4, -0.2) is 0 Å². The van der Waals surface area contributed by atoms with Crippen molar-refractivity contribution >= 4 is 17.1 Å². The van der Waals surface area contributed by atoms with E-state index in [0.29, 0.717) is 11.6 Å². The molecule has 18 heavy (non-hydrogen) atoms. The van der Waals surface area contributed by atoms with Crippen LogP contribution < -0.4 is 11.1 Å². The summed E-state index contributed by atoms with van der Waals surface area (Å²) in [5, 5.41) is 3.14. The van der Waals surface area contributed by atoms with Gasteiger partial charge in [-0.05, 0) is 41.8 Å². The van der Waals surface area contributed by atoms with Crippen LogP contribution in [0.4, 0.5) is 21.5 Å². The number of rotatable bonds is 3. The van der Waals surface area contributed by atoms with Crippen molar-refractivity contribution in [3.63, 3.8) is 0 Å². The zero-order valence-corrected chi connectivity index (χ0v) is 10.6. The first-order valence-corrected chi connectivity index (χ1v) is 5.98. The molecule has 0 fully saturated rings. The van der Waals surface area contributed by atoms with Gasteiger partial charge in [-0.25, -0.2) is 4.39 Å². The van der Waals surface area contributed by atoms with Crippen LogP contribution in [-0.2, 0) is 0 Å². The third kappa shape index (κ3) is 2.80. The predicted molar refractivity (Wildman–Crippen MR) is 74.6 cm³/mol. The van der Waals surface area contributed by atoms with Crippen molar-refractivity contribution in [3.05, 3.63) is 53.8 Å². The molecule has 2 aromatic rings. The lowest BCUT2D eigenvalue weighted by Gasteiger charge is -2.09. The van der Waals surface area contributed by atoms with E-state index in [1.165, 1.54) is 11.6 Å². The summed E-state index contributed by atoms with van der Waals surface area (Å²) in [5.41, 5.74) is 8.50. The van der Waals surface area contributed by atoms with Gasteiger partial charge in [-0.1, -0.05) is 26.0 Å². The van der Waals surface area contributed by atoms with E-state index >= 15 is 0 Å². The number of hydrogen-bond donors (Lipinski definition) is 2. The molecule has 0 unspecified atom stereocenters. The van der Waals surface area contributed by atoms with E-state index in [2.05, 4.69) is 31.3 Å². The fourth-order valence-electron chi connectivity index (χ4n) is 1.72. The number of halogens is 1. The Morgan fingerprint density at radius 3 is 2.17 bits per heavy atom. The van der Waals surface area contributed by atoms with E-state index in [4.69, 9.17) is 5.73 Å². The van der Waals surface area contributed by atoms with E-state index in [9.17, 15) is 4.39 Å². The standard InChI is InChI=1S/C15H17FN2/c1-10(2)11-3-5-12(6-4-11)18-13-7-8-15(17)14(16)9-13/h3-10,18H,17H2,1-2H3. The van der Waals surface area contributed by atoms with Crippen LogP contribution in [0.3, 0.4) is 0 Å². The SMILES string of the molecule is CC(C)c1ccc(Nc2ccc(N)c(F)c2)cc1. The molecule has 0 aliphatic carbocycles. The van der Waals surface area contributed by atoms with Gasteiger partial charge < -0.3 is 11.1 Å². The molecule has 3 N–H and O–H groups in total. The minimum absolute atomic E-state index is 0.163. The number of nitrogens with two attached hydrogens (primary N) is 1. The van der Waals surface area contributed by atoms with Gasteiger partial charge in [-0.2, -0.15) is 0 Å². The Morgan fingerprint density at radius 2 is 1.61 bits per heavy atom. The summed E-state index contributed by atoms with van der Waals surface area (Å²) in [5.74, 6) is 0.104. The highest BCUT2D eigenvalue weighted by Crippen LogP contribution is 2.22. The van der Waals surface area contributed by atoms with Gasteiger partial charge in [0, 0.05) is 11.4 Å². The van der Waals surface area contributed by atoms with E-state index in [-0.39, 0.29) is 5.69 Å². The molecule has 0 aliphatic heterocycles. The van der Waals surface area contributed by atoms with Gasteiger partial charge in [0.2, 0.25) is 0 Å². The van der Waals surface area contributed by atoms with Gasteiger partial charge in [-0.3, -0.25) is 0 Å². The monoisotopic (exact) mass is 244 g/mol. The first kappa shape index (κ1) is 12.4. The fourth-order valence-corrected chi connectivity index (χ4v) is 1.72. The molecule has 0 spiro atoms. The average molecular weight is 244 g/mol. The molecular weight excluding hydrogens is 227 g/mol. The van der Waals surface area contributed by atoms with Crippen LogP contribution in [0, 0.1) is 5.82 Å². The Bertz CT molecular complexity index is 533. The van der Waals surface area contributed by atoms with Gasteiger partial charge in [0.25, 0.3) is 0 Å². The summed E-state index contributed by atoms with van der Waals surface area (Å²) in [6.45, 7) is 4.30. The molecule has 2 aromatic carbocycles. The molecule has 0 amide bonds. The molecule has 94 valence electrons. The Kier molecular flexibility index (Phi) is 3.51. The Balaban J connectivity index is 2.15. The van der Waals surface area contributed by atoms with Crippen molar-refractivity contribution < 1.29 is 4.39 Å². The van der Waals surface area contributed by atoms with Crippen molar-refractivity contribution in [1.82, 2.24) is 0 Å². The molecule has 0 radical (unpaired) electrons. The molecule has 0 bridgehead atoms. The van der Waals surface area contributed by atoms with Crippen LogP contribution in [0.15, 0.2) is 42.5 Å². The average Bonchev–Trinajstić information content (AvgIpc) is 2.34. The fraction of sp³-hybridized carbons (Fsp3) is 0.200. The smallest absolute Gasteiger partial charge is 0.148 e. The molecule has 0 saturated carbocycles. The number of hydrogen-bond acceptors (Lipinski definition) is 2. The Morgan fingerprint density at radius 1 is 1.00 bits per heavy atom. The lowest BCUT2D eigenvalue weighted by Crippen LogP contribution is -1.95. The highest BCUT2D eigenvalue weighted by atomic mass is 19.1. The molecule has 0 heterocycles. The summed E-state index contributed by atoms with van der Waals surface area (Å²) < 4.78 is 13.3. The first-order chi connectivity index (χ1) is 8.56. The minimum Gasteiger partial charge on any atom is -0.396 e. The molecule has 0 aliphatic rings. The normalized spacial score (nSPS) is 10.7. The molecule has 0 atom stereocenters. The topological polar surface area (TPSA) is 38.0 Å². The number of anilines is 3. The van der Waals surface area contributed by atoms with Gasteiger partial charge >= 0.3 is 0 Å². The zero-order valence-electron chi connectivity index (χ0n) is 10.6. The van der Waals surface area contributed by atoms with Gasteiger partial charge in [0.1, 0.15) is 5.82 Å².